The molecule has 1 saturated heterocycles. The molecule has 0 spiro atoms. The van der Waals surface area contributed by atoms with Gasteiger partial charge in [0.1, 0.15) is 6.04 Å². The van der Waals surface area contributed by atoms with E-state index in [1.165, 1.54) is 0 Å². The summed E-state index contributed by atoms with van der Waals surface area (Å²) in [6, 6.07) is -0.481. The first kappa shape index (κ1) is 12.0. The van der Waals surface area contributed by atoms with Crippen molar-refractivity contribution in [3.63, 3.8) is 0 Å². The molecular weight excluding hydrogens is 194 g/mol. The van der Waals surface area contributed by atoms with Crippen LogP contribution in [0.2, 0.25) is 0 Å². The molecule has 1 aliphatic heterocycles. The molecule has 86 valence electrons. The smallest absolute Gasteiger partial charge is 0.241 e. The monoisotopic (exact) mass is 213 g/mol. The third-order valence-electron chi connectivity index (χ3n) is 2.48. The molecule has 5 heteroatoms. The molecule has 1 fully saturated rings. The lowest BCUT2D eigenvalue weighted by Gasteiger charge is -2.34. The molecule has 0 aliphatic carbocycles. The van der Waals surface area contributed by atoms with Gasteiger partial charge in [-0.05, 0) is 5.92 Å². The number of primary amides is 1. The molecule has 0 aromatic carbocycles. The highest BCUT2D eigenvalue weighted by atomic mass is 16.2. The van der Waals surface area contributed by atoms with Crippen LogP contribution in [0.1, 0.15) is 20.3 Å². The van der Waals surface area contributed by atoms with Crippen LogP contribution in [0.5, 0.6) is 0 Å². The van der Waals surface area contributed by atoms with Crippen LogP contribution in [0.25, 0.3) is 0 Å². The predicted octanol–water partition coefficient (Wildman–Crippen LogP) is -0.682. The van der Waals surface area contributed by atoms with Crippen molar-refractivity contribution in [3.05, 3.63) is 0 Å². The lowest BCUT2D eigenvalue weighted by Crippen LogP contribution is -2.58. The number of hydrogen-bond donors (Lipinski definition) is 2. The second-order valence-electron chi connectivity index (χ2n) is 4.31. The number of nitrogens with one attached hydrogen (secondary N) is 1. The summed E-state index contributed by atoms with van der Waals surface area (Å²) in [7, 11) is 0. The summed E-state index contributed by atoms with van der Waals surface area (Å²) in [4.78, 5) is 24.6. The Kier molecular flexibility index (Phi) is 4.08. The Labute approximate surface area is 90.0 Å². The van der Waals surface area contributed by atoms with Gasteiger partial charge in [-0.1, -0.05) is 13.8 Å². The van der Waals surface area contributed by atoms with E-state index in [0.717, 1.165) is 6.54 Å². The zero-order chi connectivity index (χ0) is 11.4. The summed E-state index contributed by atoms with van der Waals surface area (Å²) >= 11 is 0. The molecule has 1 atom stereocenters. The Morgan fingerprint density at radius 2 is 2.20 bits per heavy atom. The fourth-order valence-corrected chi connectivity index (χ4v) is 1.72. The molecule has 0 bridgehead atoms. The number of rotatable bonds is 3. The van der Waals surface area contributed by atoms with Crippen molar-refractivity contribution < 1.29 is 9.59 Å². The predicted molar refractivity (Wildman–Crippen MR) is 57.0 cm³/mol. The van der Waals surface area contributed by atoms with Crippen molar-refractivity contribution >= 4 is 11.8 Å². The second-order valence-corrected chi connectivity index (χ2v) is 4.31. The second kappa shape index (κ2) is 5.11. The highest BCUT2D eigenvalue weighted by molar-refractivity contribution is 5.87. The number of nitrogens with zero attached hydrogens (tertiary/aromatic N) is 1. The number of carbonyl (C=O) groups excluding carboxylic acids is 2. The van der Waals surface area contributed by atoms with Crippen LogP contribution in [-0.2, 0) is 9.59 Å². The van der Waals surface area contributed by atoms with Crippen LogP contribution in [0, 0.1) is 5.92 Å². The van der Waals surface area contributed by atoms with E-state index in [1.807, 2.05) is 13.8 Å². The van der Waals surface area contributed by atoms with Gasteiger partial charge in [0, 0.05) is 26.1 Å². The maximum Gasteiger partial charge on any atom is 0.241 e. The third-order valence-corrected chi connectivity index (χ3v) is 2.48. The third kappa shape index (κ3) is 3.20. The maximum absolute atomic E-state index is 11.8. The first-order valence-electron chi connectivity index (χ1n) is 5.32. The van der Waals surface area contributed by atoms with Gasteiger partial charge >= 0.3 is 0 Å². The topological polar surface area (TPSA) is 75.4 Å². The van der Waals surface area contributed by atoms with E-state index >= 15 is 0 Å². The summed E-state index contributed by atoms with van der Waals surface area (Å²) in [6.07, 6.45) is 0.476. The lowest BCUT2D eigenvalue weighted by molar-refractivity contribution is -0.140. The fraction of sp³-hybridized carbons (Fsp3) is 0.800. The minimum atomic E-state index is -0.481. The van der Waals surface area contributed by atoms with Crippen LogP contribution >= 0.6 is 0 Å². The standard InChI is InChI=1S/C10H19N3O2/c1-7(2)5-9(14)13-4-3-12-6-8(13)10(11)15/h7-8,12H,3-6H2,1-2H3,(H2,11,15). The number of hydrogen-bond acceptors (Lipinski definition) is 3. The van der Waals surface area contributed by atoms with Crippen molar-refractivity contribution in [1.29, 1.82) is 0 Å². The molecule has 1 rings (SSSR count). The minimum absolute atomic E-state index is 0.0234. The highest BCUT2D eigenvalue weighted by Gasteiger charge is 2.30. The molecule has 1 aliphatic rings. The quantitative estimate of drug-likeness (QED) is 0.652. The van der Waals surface area contributed by atoms with Crippen LogP contribution in [0.3, 0.4) is 0 Å². The van der Waals surface area contributed by atoms with Crippen LogP contribution < -0.4 is 11.1 Å². The molecule has 0 radical (unpaired) electrons. The van der Waals surface area contributed by atoms with Gasteiger partial charge in [-0.15, -0.1) is 0 Å². The largest absolute Gasteiger partial charge is 0.368 e. The Balaban J connectivity index is 2.63. The summed E-state index contributed by atoms with van der Waals surface area (Å²) in [5, 5.41) is 3.06. The van der Waals surface area contributed by atoms with E-state index in [0.29, 0.717) is 25.4 Å². The lowest BCUT2D eigenvalue weighted by atomic mass is 10.1. The Morgan fingerprint density at radius 1 is 1.53 bits per heavy atom. The van der Waals surface area contributed by atoms with Crippen molar-refractivity contribution in [1.82, 2.24) is 10.2 Å². The summed E-state index contributed by atoms with van der Waals surface area (Å²) in [5.74, 6) is -0.101. The van der Waals surface area contributed by atoms with Crippen LogP contribution in [-0.4, -0.2) is 42.4 Å². The molecule has 0 saturated carbocycles. The first-order valence-corrected chi connectivity index (χ1v) is 5.32. The molecular formula is C10H19N3O2. The first-order chi connectivity index (χ1) is 7.02. The number of nitrogens with two attached hydrogens (primary N) is 1. The van der Waals surface area contributed by atoms with Crippen molar-refractivity contribution in [3.8, 4) is 0 Å². The van der Waals surface area contributed by atoms with Crippen LogP contribution in [0.4, 0.5) is 0 Å². The Hall–Kier alpha value is -1.10. The molecule has 3 N–H and O–H groups in total. The zero-order valence-electron chi connectivity index (χ0n) is 9.32. The van der Waals surface area contributed by atoms with E-state index in [4.69, 9.17) is 5.73 Å². The summed E-state index contributed by atoms with van der Waals surface area (Å²) in [6.45, 7) is 5.74. The molecule has 1 heterocycles. The van der Waals surface area contributed by atoms with Gasteiger partial charge in [-0.3, -0.25) is 9.59 Å². The molecule has 2 amide bonds. The average Bonchev–Trinajstić information content (AvgIpc) is 2.16. The van der Waals surface area contributed by atoms with Gasteiger partial charge in [0.25, 0.3) is 0 Å². The van der Waals surface area contributed by atoms with Gasteiger partial charge in [0.15, 0.2) is 0 Å². The molecule has 15 heavy (non-hydrogen) atoms. The Bertz CT molecular complexity index is 253. The average molecular weight is 213 g/mol. The van der Waals surface area contributed by atoms with Gasteiger partial charge < -0.3 is 16.0 Å². The van der Waals surface area contributed by atoms with E-state index < -0.39 is 11.9 Å². The van der Waals surface area contributed by atoms with E-state index in [1.54, 1.807) is 4.90 Å². The van der Waals surface area contributed by atoms with E-state index in [9.17, 15) is 9.59 Å². The molecule has 1 unspecified atom stereocenters. The van der Waals surface area contributed by atoms with Gasteiger partial charge in [0.2, 0.25) is 11.8 Å². The number of carbonyl (C=O) groups is 2. The zero-order valence-corrected chi connectivity index (χ0v) is 9.32. The normalized spacial score (nSPS) is 21.8. The minimum Gasteiger partial charge on any atom is -0.368 e. The van der Waals surface area contributed by atoms with Crippen molar-refractivity contribution in [2.45, 2.75) is 26.3 Å². The summed E-state index contributed by atoms with van der Waals surface area (Å²) in [5.41, 5.74) is 5.25. The highest BCUT2D eigenvalue weighted by Crippen LogP contribution is 2.09. The molecule has 5 nitrogen and oxygen atoms in total. The van der Waals surface area contributed by atoms with Gasteiger partial charge in [0.05, 0.1) is 0 Å². The summed E-state index contributed by atoms with van der Waals surface area (Å²) < 4.78 is 0. The van der Waals surface area contributed by atoms with Crippen LogP contribution in [0.15, 0.2) is 0 Å². The van der Waals surface area contributed by atoms with Crippen molar-refractivity contribution in [2.24, 2.45) is 11.7 Å². The van der Waals surface area contributed by atoms with E-state index in [2.05, 4.69) is 5.32 Å². The van der Waals surface area contributed by atoms with E-state index in [-0.39, 0.29) is 5.91 Å². The SMILES string of the molecule is CC(C)CC(=O)N1CCNCC1C(N)=O. The van der Waals surface area contributed by atoms with Crippen molar-refractivity contribution in [2.75, 3.05) is 19.6 Å². The van der Waals surface area contributed by atoms with Gasteiger partial charge in [-0.25, -0.2) is 0 Å². The Morgan fingerprint density at radius 3 is 2.73 bits per heavy atom. The maximum atomic E-state index is 11.8. The molecule has 0 aromatic rings. The number of piperazine rings is 1. The number of amides is 2. The fourth-order valence-electron chi connectivity index (χ4n) is 1.72. The molecule has 0 aromatic heterocycles. The van der Waals surface area contributed by atoms with Gasteiger partial charge in [-0.2, -0.15) is 0 Å².